The molecule has 0 aliphatic heterocycles. The molecule has 0 radical (unpaired) electrons. The fraction of sp³-hybridized carbons (Fsp3) is 0.444. The van der Waals surface area contributed by atoms with Gasteiger partial charge in [0.15, 0.2) is 0 Å². The summed E-state index contributed by atoms with van der Waals surface area (Å²) in [5.41, 5.74) is -0.750. The zero-order valence-electron chi connectivity index (χ0n) is 8.24. The first-order chi connectivity index (χ1) is 5.00. The first-order valence-electron chi connectivity index (χ1n) is 3.55. The summed E-state index contributed by atoms with van der Waals surface area (Å²) in [5, 5.41) is 10.1. The topological polar surface area (TPSA) is 36.0 Å². The monoisotopic (exact) mass is 175 g/mol. The van der Waals surface area contributed by atoms with Crippen LogP contribution < -0.4 is 34.7 Å². The molecule has 0 unspecified atom stereocenters. The summed E-state index contributed by atoms with van der Waals surface area (Å²) in [7, 11) is 0. The molecule has 0 spiro atoms. The summed E-state index contributed by atoms with van der Waals surface area (Å²) in [4.78, 5) is 3.78. The average molecular weight is 175 g/mol. The van der Waals surface area contributed by atoms with Crippen molar-refractivity contribution in [2.45, 2.75) is 26.4 Å². The molecule has 0 aromatic carbocycles. The van der Waals surface area contributed by atoms with Gasteiger partial charge in [-0.1, -0.05) is 26.8 Å². The van der Waals surface area contributed by atoms with Crippen LogP contribution in [0, 0.1) is 0 Å². The van der Waals surface area contributed by atoms with Crippen LogP contribution in [0.3, 0.4) is 0 Å². The van der Waals surface area contributed by atoms with Gasteiger partial charge >= 0.3 is 29.6 Å². The van der Waals surface area contributed by atoms with Gasteiger partial charge < -0.3 is 5.11 Å². The van der Waals surface area contributed by atoms with Crippen molar-refractivity contribution in [1.82, 2.24) is 4.98 Å². The molecule has 0 fully saturated rings. The van der Waals surface area contributed by atoms with E-state index in [0.29, 0.717) is 0 Å². The molecule has 0 aliphatic carbocycles. The molecule has 3 heteroatoms. The van der Waals surface area contributed by atoms with Gasteiger partial charge in [0.1, 0.15) is 0 Å². The largest absolute Gasteiger partial charge is 1.00 e. The van der Waals surface area contributed by atoms with Gasteiger partial charge in [-0.15, -0.1) is 5.60 Å². The van der Waals surface area contributed by atoms with E-state index < -0.39 is 5.60 Å². The molecule has 0 saturated heterocycles. The number of hydrogen-bond acceptors (Lipinski definition) is 2. The molecule has 1 aromatic rings. The second kappa shape index (κ2) is 7.74. The van der Waals surface area contributed by atoms with Crippen molar-refractivity contribution in [2.24, 2.45) is 0 Å². The maximum Gasteiger partial charge on any atom is 1.00 e. The van der Waals surface area contributed by atoms with E-state index in [1.54, 1.807) is 33.2 Å². The number of rotatable bonds is 0. The third kappa shape index (κ3) is 22.5. The second-order valence-electron chi connectivity index (χ2n) is 3.14. The predicted molar refractivity (Wildman–Crippen MR) is 44.0 cm³/mol. The molecular formula is C9H14NNaO. The Bertz CT molecular complexity index is 139. The smallest absolute Gasteiger partial charge is 0.850 e. The Balaban J connectivity index is 0. The molecule has 1 aromatic heterocycles. The van der Waals surface area contributed by atoms with Crippen LogP contribution in [0.25, 0.3) is 0 Å². The molecule has 1 rings (SSSR count). The fourth-order valence-electron chi connectivity index (χ4n) is 0.313. The van der Waals surface area contributed by atoms with Crippen LogP contribution in [0.15, 0.2) is 30.6 Å². The van der Waals surface area contributed by atoms with Crippen LogP contribution in [0.5, 0.6) is 0 Å². The Morgan fingerprint density at radius 3 is 1.42 bits per heavy atom. The Morgan fingerprint density at radius 2 is 1.33 bits per heavy atom. The predicted octanol–water partition coefficient (Wildman–Crippen LogP) is -1.77. The van der Waals surface area contributed by atoms with Crippen molar-refractivity contribution in [3.05, 3.63) is 30.6 Å². The molecule has 0 saturated carbocycles. The summed E-state index contributed by atoms with van der Waals surface area (Å²) in [6.45, 7) is 4.90. The minimum atomic E-state index is -0.750. The molecule has 12 heavy (non-hydrogen) atoms. The van der Waals surface area contributed by atoms with Crippen molar-refractivity contribution in [3.63, 3.8) is 0 Å². The van der Waals surface area contributed by atoms with Crippen molar-refractivity contribution < 1.29 is 34.7 Å². The molecule has 2 nitrogen and oxygen atoms in total. The molecule has 0 amide bonds. The zero-order valence-corrected chi connectivity index (χ0v) is 10.2. The molecule has 1 heterocycles. The van der Waals surface area contributed by atoms with Crippen LogP contribution in [0.2, 0.25) is 0 Å². The van der Waals surface area contributed by atoms with Crippen molar-refractivity contribution in [1.29, 1.82) is 0 Å². The van der Waals surface area contributed by atoms with E-state index in [9.17, 15) is 5.11 Å². The minimum absolute atomic E-state index is 0. The maximum atomic E-state index is 10.1. The van der Waals surface area contributed by atoms with E-state index in [-0.39, 0.29) is 29.6 Å². The molecule has 0 bridgehead atoms. The zero-order chi connectivity index (χ0) is 8.74. The molecule has 62 valence electrons. The van der Waals surface area contributed by atoms with Crippen molar-refractivity contribution >= 4 is 0 Å². The van der Waals surface area contributed by atoms with E-state index in [1.807, 2.05) is 18.2 Å². The Morgan fingerprint density at radius 1 is 1.00 bits per heavy atom. The summed E-state index contributed by atoms with van der Waals surface area (Å²) in [6.07, 6.45) is 3.50. The minimum Gasteiger partial charge on any atom is -0.850 e. The van der Waals surface area contributed by atoms with Crippen LogP contribution in [-0.4, -0.2) is 10.6 Å². The Hall–Kier alpha value is 0.110. The molecule has 0 atom stereocenters. The van der Waals surface area contributed by atoms with E-state index in [1.165, 1.54) is 0 Å². The van der Waals surface area contributed by atoms with Gasteiger partial charge in [-0.3, -0.25) is 4.98 Å². The van der Waals surface area contributed by atoms with Gasteiger partial charge in [-0.05, 0) is 12.1 Å². The second-order valence-corrected chi connectivity index (χ2v) is 3.14. The Labute approximate surface area is 96.3 Å². The Kier molecular flexibility index (Phi) is 9.44. The van der Waals surface area contributed by atoms with Crippen LogP contribution in [0.1, 0.15) is 20.8 Å². The van der Waals surface area contributed by atoms with E-state index >= 15 is 0 Å². The molecular weight excluding hydrogens is 161 g/mol. The standard InChI is InChI=1S/C5H5N.C4H9O.Na/c1-2-4-6-5-3-1;1-4(2,3)5;/h1-5H;1-3H3;/q;-1;+1. The number of pyridine rings is 1. The van der Waals surface area contributed by atoms with Gasteiger partial charge in [-0.2, -0.15) is 0 Å². The van der Waals surface area contributed by atoms with Gasteiger partial charge in [-0.25, -0.2) is 0 Å². The van der Waals surface area contributed by atoms with Crippen molar-refractivity contribution in [3.8, 4) is 0 Å². The number of hydrogen-bond donors (Lipinski definition) is 0. The van der Waals surface area contributed by atoms with E-state index in [2.05, 4.69) is 4.98 Å². The van der Waals surface area contributed by atoms with Crippen LogP contribution in [-0.2, 0) is 0 Å². The first-order valence-corrected chi connectivity index (χ1v) is 3.55. The quantitative estimate of drug-likeness (QED) is 0.438. The van der Waals surface area contributed by atoms with Crippen LogP contribution in [0.4, 0.5) is 0 Å². The average Bonchev–Trinajstić information content (AvgIpc) is 1.88. The van der Waals surface area contributed by atoms with E-state index in [4.69, 9.17) is 0 Å². The third-order valence-electron chi connectivity index (χ3n) is 0.566. The van der Waals surface area contributed by atoms with Gasteiger partial charge in [0, 0.05) is 12.4 Å². The molecule has 0 aliphatic rings. The summed E-state index contributed by atoms with van der Waals surface area (Å²) in [5.74, 6) is 0. The fourth-order valence-corrected chi connectivity index (χ4v) is 0.313. The van der Waals surface area contributed by atoms with E-state index in [0.717, 1.165) is 0 Å². The SMILES string of the molecule is CC(C)(C)[O-].[Na+].c1ccncc1. The maximum absolute atomic E-state index is 10.1. The summed E-state index contributed by atoms with van der Waals surface area (Å²) >= 11 is 0. The number of aromatic nitrogens is 1. The molecule has 0 N–H and O–H groups in total. The summed E-state index contributed by atoms with van der Waals surface area (Å²) in [6, 6.07) is 5.72. The van der Waals surface area contributed by atoms with Crippen LogP contribution >= 0.6 is 0 Å². The van der Waals surface area contributed by atoms with Gasteiger partial charge in [0.05, 0.1) is 0 Å². The van der Waals surface area contributed by atoms with Crippen molar-refractivity contribution in [2.75, 3.05) is 0 Å². The van der Waals surface area contributed by atoms with Gasteiger partial charge in [0.2, 0.25) is 0 Å². The number of nitrogens with zero attached hydrogens (tertiary/aromatic N) is 1. The van der Waals surface area contributed by atoms with Gasteiger partial charge in [0.25, 0.3) is 0 Å². The normalized spacial score (nSPS) is 9.00. The first kappa shape index (κ1) is 14.6. The summed E-state index contributed by atoms with van der Waals surface area (Å²) < 4.78 is 0. The third-order valence-corrected chi connectivity index (χ3v) is 0.566.